The second kappa shape index (κ2) is 6.89. The van der Waals surface area contributed by atoms with Crippen LogP contribution in [0.4, 0.5) is 0 Å². The minimum atomic E-state index is 0.0459. The van der Waals surface area contributed by atoms with Gasteiger partial charge in [0.1, 0.15) is 0 Å². The second-order valence-electron chi connectivity index (χ2n) is 3.62. The molecule has 0 aliphatic rings. The minimum Gasteiger partial charge on any atom is -0.330 e. The third kappa shape index (κ3) is 3.78. The number of Topliss-reactive ketones (excluding diaryl/α,β-unsaturated/α-hetero) is 1. The van der Waals surface area contributed by atoms with Crippen LogP contribution in [0.1, 0.15) is 36.0 Å². The molecule has 0 aliphatic heterocycles. The Kier molecular flexibility index (Phi) is 5.81. The Balaban J connectivity index is 2.56. The zero-order chi connectivity index (χ0) is 12.0. The molecule has 2 nitrogen and oxygen atoms in total. The van der Waals surface area contributed by atoms with Gasteiger partial charge >= 0.3 is 0 Å². The number of halogens is 2. The Morgan fingerprint density at radius 2 is 1.94 bits per heavy atom. The van der Waals surface area contributed by atoms with E-state index in [1.54, 1.807) is 18.2 Å². The number of carbonyl (C=O) groups excluding carboxylic acids is 1. The van der Waals surface area contributed by atoms with Crippen molar-refractivity contribution in [3.05, 3.63) is 33.8 Å². The summed E-state index contributed by atoms with van der Waals surface area (Å²) in [6.07, 6.45) is 3.27. The molecule has 0 fully saturated rings. The van der Waals surface area contributed by atoms with Gasteiger partial charge in [0.2, 0.25) is 0 Å². The molecule has 0 bridgehead atoms. The van der Waals surface area contributed by atoms with Crippen LogP contribution in [-0.2, 0) is 0 Å². The van der Waals surface area contributed by atoms with Gasteiger partial charge in [-0.25, -0.2) is 0 Å². The number of nitrogens with two attached hydrogens (primary N) is 1. The Bertz CT molecular complexity index is 366. The van der Waals surface area contributed by atoms with E-state index in [4.69, 9.17) is 28.9 Å². The Morgan fingerprint density at radius 1 is 1.19 bits per heavy atom. The van der Waals surface area contributed by atoms with Crippen molar-refractivity contribution in [1.29, 1.82) is 0 Å². The fourth-order valence-electron chi connectivity index (χ4n) is 1.46. The van der Waals surface area contributed by atoms with Crippen molar-refractivity contribution in [3.8, 4) is 0 Å². The molecule has 1 aromatic carbocycles. The average Bonchev–Trinajstić information content (AvgIpc) is 2.28. The number of ketones is 1. The molecule has 0 radical (unpaired) electrons. The van der Waals surface area contributed by atoms with Gasteiger partial charge in [-0.15, -0.1) is 0 Å². The van der Waals surface area contributed by atoms with E-state index in [1.807, 2.05) is 0 Å². The number of hydrogen-bond donors (Lipinski definition) is 1. The number of rotatable bonds is 6. The zero-order valence-corrected chi connectivity index (χ0v) is 10.5. The molecule has 0 aromatic heterocycles. The lowest BCUT2D eigenvalue weighted by Crippen LogP contribution is -2.02. The quantitative estimate of drug-likeness (QED) is 0.626. The molecule has 0 spiro atoms. The predicted octanol–water partition coefficient (Wildman–Crippen LogP) is 3.70. The van der Waals surface area contributed by atoms with Gasteiger partial charge in [0, 0.05) is 12.0 Å². The van der Waals surface area contributed by atoms with E-state index in [0.29, 0.717) is 28.6 Å². The standard InChI is InChI=1S/C12H15Cl2NO/c13-10-6-4-5-9(12(10)14)11(16)7-2-1-3-8-15/h4-6H,1-3,7-8,15H2. The molecule has 0 heterocycles. The van der Waals surface area contributed by atoms with E-state index in [0.717, 1.165) is 19.3 Å². The summed E-state index contributed by atoms with van der Waals surface area (Å²) in [6, 6.07) is 5.12. The summed E-state index contributed by atoms with van der Waals surface area (Å²) in [4.78, 5) is 11.8. The van der Waals surface area contributed by atoms with Gasteiger partial charge in [0.05, 0.1) is 10.0 Å². The Hall–Kier alpha value is -0.570. The largest absolute Gasteiger partial charge is 0.330 e. The first-order valence-corrected chi connectivity index (χ1v) is 6.09. The summed E-state index contributed by atoms with van der Waals surface area (Å²) in [5.74, 6) is 0.0459. The van der Waals surface area contributed by atoms with E-state index in [9.17, 15) is 4.79 Å². The summed E-state index contributed by atoms with van der Waals surface area (Å²) in [5.41, 5.74) is 5.89. The van der Waals surface area contributed by atoms with E-state index >= 15 is 0 Å². The van der Waals surface area contributed by atoms with Crippen molar-refractivity contribution in [2.24, 2.45) is 5.73 Å². The normalized spacial score (nSPS) is 10.4. The maximum atomic E-state index is 11.8. The van der Waals surface area contributed by atoms with E-state index in [-0.39, 0.29) is 5.78 Å². The number of unbranched alkanes of at least 4 members (excludes halogenated alkanes) is 2. The Morgan fingerprint density at radius 3 is 2.62 bits per heavy atom. The summed E-state index contributed by atoms with van der Waals surface area (Å²) in [5, 5.41) is 0.780. The second-order valence-corrected chi connectivity index (χ2v) is 4.41. The van der Waals surface area contributed by atoms with Gasteiger partial charge in [-0.1, -0.05) is 35.7 Å². The topological polar surface area (TPSA) is 43.1 Å². The van der Waals surface area contributed by atoms with Gasteiger partial charge < -0.3 is 5.73 Å². The van der Waals surface area contributed by atoms with Crippen LogP contribution in [0.25, 0.3) is 0 Å². The van der Waals surface area contributed by atoms with Crippen molar-refractivity contribution in [2.75, 3.05) is 6.54 Å². The minimum absolute atomic E-state index is 0.0459. The van der Waals surface area contributed by atoms with Crippen LogP contribution in [-0.4, -0.2) is 12.3 Å². The summed E-state index contributed by atoms with van der Waals surface area (Å²) in [6.45, 7) is 0.673. The van der Waals surface area contributed by atoms with Crippen molar-refractivity contribution >= 4 is 29.0 Å². The fraction of sp³-hybridized carbons (Fsp3) is 0.417. The van der Waals surface area contributed by atoms with Crippen molar-refractivity contribution in [3.63, 3.8) is 0 Å². The van der Waals surface area contributed by atoms with Crippen molar-refractivity contribution in [1.82, 2.24) is 0 Å². The van der Waals surface area contributed by atoms with Crippen molar-refractivity contribution < 1.29 is 4.79 Å². The Labute approximate surface area is 106 Å². The average molecular weight is 260 g/mol. The first-order chi connectivity index (χ1) is 7.66. The van der Waals surface area contributed by atoms with E-state index in [2.05, 4.69) is 0 Å². The molecule has 0 saturated heterocycles. The molecule has 0 unspecified atom stereocenters. The first kappa shape index (κ1) is 13.5. The molecule has 1 aromatic rings. The van der Waals surface area contributed by atoms with E-state index < -0.39 is 0 Å². The summed E-state index contributed by atoms with van der Waals surface area (Å²) in [7, 11) is 0. The molecule has 4 heteroatoms. The lowest BCUT2D eigenvalue weighted by molar-refractivity contribution is 0.0979. The van der Waals surface area contributed by atoms with Crippen LogP contribution in [0, 0.1) is 0 Å². The fourth-order valence-corrected chi connectivity index (χ4v) is 1.87. The highest BCUT2D eigenvalue weighted by Crippen LogP contribution is 2.26. The molecule has 0 aliphatic carbocycles. The smallest absolute Gasteiger partial charge is 0.164 e. The maximum absolute atomic E-state index is 11.8. The predicted molar refractivity (Wildman–Crippen MR) is 68.3 cm³/mol. The van der Waals surface area contributed by atoms with Gasteiger partial charge in [0.15, 0.2) is 5.78 Å². The van der Waals surface area contributed by atoms with Crippen molar-refractivity contribution in [2.45, 2.75) is 25.7 Å². The molecule has 0 atom stereocenters. The molecule has 0 saturated carbocycles. The van der Waals surface area contributed by atoms with Crippen LogP contribution in [0.3, 0.4) is 0 Å². The number of carbonyl (C=O) groups is 1. The van der Waals surface area contributed by atoms with E-state index in [1.165, 1.54) is 0 Å². The third-order valence-corrected chi connectivity index (χ3v) is 3.18. The number of benzene rings is 1. The van der Waals surface area contributed by atoms with Crippen LogP contribution >= 0.6 is 23.2 Å². The summed E-state index contributed by atoms with van der Waals surface area (Å²) < 4.78 is 0. The van der Waals surface area contributed by atoms with Gasteiger partial charge in [-0.05, 0) is 31.5 Å². The number of hydrogen-bond acceptors (Lipinski definition) is 2. The van der Waals surface area contributed by atoms with Gasteiger partial charge in [0.25, 0.3) is 0 Å². The first-order valence-electron chi connectivity index (χ1n) is 5.34. The van der Waals surface area contributed by atoms with Gasteiger partial charge in [-0.3, -0.25) is 4.79 Å². The molecule has 2 N–H and O–H groups in total. The van der Waals surface area contributed by atoms with Crippen LogP contribution in [0.5, 0.6) is 0 Å². The third-order valence-electron chi connectivity index (χ3n) is 2.36. The lowest BCUT2D eigenvalue weighted by Gasteiger charge is -2.04. The lowest BCUT2D eigenvalue weighted by atomic mass is 10.0. The van der Waals surface area contributed by atoms with Crippen LogP contribution < -0.4 is 5.73 Å². The molecule has 0 amide bonds. The summed E-state index contributed by atoms with van der Waals surface area (Å²) >= 11 is 11.8. The molecular weight excluding hydrogens is 245 g/mol. The molecule has 16 heavy (non-hydrogen) atoms. The van der Waals surface area contributed by atoms with Crippen LogP contribution in [0.2, 0.25) is 10.0 Å². The highest BCUT2D eigenvalue weighted by molar-refractivity contribution is 6.43. The van der Waals surface area contributed by atoms with Gasteiger partial charge in [-0.2, -0.15) is 0 Å². The maximum Gasteiger partial charge on any atom is 0.164 e. The van der Waals surface area contributed by atoms with Crippen LogP contribution in [0.15, 0.2) is 18.2 Å². The molecular formula is C12H15Cl2NO. The highest BCUT2D eigenvalue weighted by atomic mass is 35.5. The SMILES string of the molecule is NCCCCCC(=O)c1cccc(Cl)c1Cl. The zero-order valence-electron chi connectivity index (χ0n) is 9.01. The highest BCUT2D eigenvalue weighted by Gasteiger charge is 2.11. The monoisotopic (exact) mass is 259 g/mol. The molecule has 88 valence electrons. The molecule has 1 rings (SSSR count).